The molecule has 0 saturated heterocycles. The molecule has 1 aliphatic carbocycles. The molecule has 0 atom stereocenters. The van der Waals surface area contributed by atoms with Crippen molar-refractivity contribution in [1.82, 2.24) is 4.98 Å². The lowest BCUT2D eigenvalue weighted by molar-refractivity contribution is 0.631. The fourth-order valence-corrected chi connectivity index (χ4v) is 3.18. The predicted octanol–water partition coefficient (Wildman–Crippen LogP) is 3.94. The highest BCUT2D eigenvalue weighted by Crippen LogP contribution is 2.44. The van der Waals surface area contributed by atoms with E-state index in [1.807, 2.05) is 0 Å². The first-order chi connectivity index (χ1) is 8.69. The molecule has 3 rings (SSSR count). The lowest BCUT2D eigenvalue weighted by atomic mass is 10.2. The Hall–Kier alpha value is -0.970. The van der Waals surface area contributed by atoms with Crippen molar-refractivity contribution in [3.05, 3.63) is 39.6 Å². The van der Waals surface area contributed by atoms with Crippen LogP contribution < -0.4 is 5.73 Å². The molecule has 2 N–H and O–H groups in total. The normalized spacial score (nSPS) is 15.1. The van der Waals surface area contributed by atoms with Gasteiger partial charge in [-0.15, -0.1) is 11.3 Å². The minimum Gasteiger partial charge on any atom is -0.326 e. The maximum absolute atomic E-state index is 13.8. The summed E-state index contributed by atoms with van der Waals surface area (Å²) in [7, 11) is 0. The van der Waals surface area contributed by atoms with Gasteiger partial charge in [0.15, 0.2) is 0 Å². The Bertz CT molecular complexity index is 593. The zero-order chi connectivity index (χ0) is 12.7. The topological polar surface area (TPSA) is 38.9 Å². The highest BCUT2D eigenvalue weighted by molar-refractivity contribution is 7.15. The summed E-state index contributed by atoms with van der Waals surface area (Å²) in [6, 6.07) is 4.53. The number of nitrogens with zero attached hydrogens (tertiary/aromatic N) is 1. The summed E-state index contributed by atoms with van der Waals surface area (Å²) in [5, 5.41) is 1.20. The standard InChI is InChI=1S/C13H12ClFN2S/c14-8-3-4-10(15)9(5-8)13-17-12(7-1-2-7)11(6-16)18-13/h3-5,7H,1-2,6,16H2. The van der Waals surface area contributed by atoms with Crippen molar-refractivity contribution < 1.29 is 4.39 Å². The fourth-order valence-electron chi connectivity index (χ4n) is 1.96. The number of halogens is 2. The highest BCUT2D eigenvalue weighted by atomic mass is 35.5. The first kappa shape index (κ1) is 12.1. The minimum atomic E-state index is -0.293. The second-order valence-corrected chi connectivity index (χ2v) is 5.95. The monoisotopic (exact) mass is 282 g/mol. The molecule has 18 heavy (non-hydrogen) atoms. The van der Waals surface area contributed by atoms with E-state index < -0.39 is 0 Å². The van der Waals surface area contributed by atoms with Crippen molar-refractivity contribution in [1.29, 1.82) is 0 Å². The van der Waals surface area contributed by atoms with E-state index >= 15 is 0 Å². The summed E-state index contributed by atoms with van der Waals surface area (Å²) >= 11 is 7.38. The summed E-state index contributed by atoms with van der Waals surface area (Å²) in [5.74, 6) is 0.231. The fraction of sp³-hybridized carbons (Fsp3) is 0.308. The molecular weight excluding hydrogens is 271 g/mol. The molecule has 5 heteroatoms. The number of hydrogen-bond donors (Lipinski definition) is 1. The van der Waals surface area contributed by atoms with Gasteiger partial charge in [-0.05, 0) is 31.0 Å². The Labute approximate surface area is 114 Å². The largest absolute Gasteiger partial charge is 0.326 e. The number of nitrogens with two attached hydrogens (primary N) is 1. The zero-order valence-corrected chi connectivity index (χ0v) is 11.2. The number of hydrogen-bond acceptors (Lipinski definition) is 3. The molecular formula is C13H12ClFN2S. The van der Waals surface area contributed by atoms with E-state index in [0.717, 1.165) is 23.4 Å². The summed E-state index contributed by atoms with van der Waals surface area (Å²) < 4.78 is 13.8. The molecule has 1 fully saturated rings. The number of aromatic nitrogens is 1. The summed E-state index contributed by atoms with van der Waals surface area (Å²) in [5.41, 5.74) is 7.25. The van der Waals surface area contributed by atoms with E-state index in [0.29, 0.717) is 28.1 Å². The molecule has 2 nitrogen and oxygen atoms in total. The van der Waals surface area contributed by atoms with E-state index in [2.05, 4.69) is 4.98 Å². The number of thiazole rings is 1. The van der Waals surface area contributed by atoms with Gasteiger partial charge in [-0.1, -0.05) is 11.6 Å². The van der Waals surface area contributed by atoms with E-state index in [1.54, 1.807) is 12.1 Å². The third-order valence-electron chi connectivity index (χ3n) is 3.04. The molecule has 94 valence electrons. The third kappa shape index (κ3) is 2.16. The lowest BCUT2D eigenvalue weighted by Crippen LogP contribution is -1.96. The SMILES string of the molecule is NCc1sc(-c2cc(Cl)ccc2F)nc1C1CC1. The van der Waals surface area contributed by atoms with Gasteiger partial charge in [-0.2, -0.15) is 0 Å². The maximum Gasteiger partial charge on any atom is 0.133 e. The van der Waals surface area contributed by atoms with Crippen molar-refractivity contribution in [3.63, 3.8) is 0 Å². The molecule has 0 spiro atoms. The van der Waals surface area contributed by atoms with Crippen LogP contribution in [0.4, 0.5) is 4.39 Å². The van der Waals surface area contributed by atoms with Gasteiger partial charge in [-0.3, -0.25) is 0 Å². The molecule has 0 amide bonds. The summed E-state index contributed by atoms with van der Waals surface area (Å²) in [6.45, 7) is 0.464. The van der Waals surface area contributed by atoms with Crippen LogP contribution in [0, 0.1) is 5.82 Å². The van der Waals surface area contributed by atoms with Crippen LogP contribution in [0.2, 0.25) is 5.02 Å². The smallest absolute Gasteiger partial charge is 0.133 e. The van der Waals surface area contributed by atoms with Crippen LogP contribution in [0.5, 0.6) is 0 Å². The van der Waals surface area contributed by atoms with Crippen molar-refractivity contribution >= 4 is 22.9 Å². The van der Waals surface area contributed by atoms with Crippen LogP contribution in [0.3, 0.4) is 0 Å². The first-order valence-corrected chi connectivity index (χ1v) is 7.03. The van der Waals surface area contributed by atoms with Crippen LogP contribution in [0.1, 0.15) is 29.3 Å². The molecule has 0 aliphatic heterocycles. The maximum atomic E-state index is 13.8. The molecule has 0 unspecified atom stereocenters. The second kappa shape index (κ2) is 4.61. The Morgan fingerprint density at radius 3 is 2.89 bits per heavy atom. The minimum absolute atomic E-state index is 0.293. The van der Waals surface area contributed by atoms with Gasteiger partial charge in [-0.25, -0.2) is 9.37 Å². The Morgan fingerprint density at radius 1 is 1.44 bits per heavy atom. The van der Waals surface area contributed by atoms with Crippen molar-refractivity contribution in [3.8, 4) is 10.6 Å². The van der Waals surface area contributed by atoms with Crippen molar-refractivity contribution in [2.24, 2.45) is 5.73 Å². The van der Waals surface area contributed by atoms with Crippen LogP contribution in [-0.4, -0.2) is 4.98 Å². The van der Waals surface area contributed by atoms with Crippen LogP contribution in [-0.2, 0) is 6.54 Å². The molecule has 1 aromatic heterocycles. The first-order valence-electron chi connectivity index (χ1n) is 5.84. The molecule has 2 aromatic rings. The van der Waals surface area contributed by atoms with Gasteiger partial charge < -0.3 is 5.73 Å². The Morgan fingerprint density at radius 2 is 2.22 bits per heavy atom. The van der Waals surface area contributed by atoms with Gasteiger partial charge in [0.1, 0.15) is 10.8 Å². The van der Waals surface area contributed by atoms with Crippen LogP contribution in [0.15, 0.2) is 18.2 Å². The quantitative estimate of drug-likeness (QED) is 0.926. The van der Waals surface area contributed by atoms with Gasteiger partial charge >= 0.3 is 0 Å². The van der Waals surface area contributed by atoms with E-state index in [9.17, 15) is 4.39 Å². The average Bonchev–Trinajstić information content (AvgIpc) is 3.12. The third-order valence-corrected chi connectivity index (χ3v) is 4.40. The molecule has 1 aliphatic rings. The van der Waals surface area contributed by atoms with Gasteiger partial charge in [0, 0.05) is 27.9 Å². The van der Waals surface area contributed by atoms with E-state index in [4.69, 9.17) is 17.3 Å². The van der Waals surface area contributed by atoms with Gasteiger partial charge in [0.25, 0.3) is 0 Å². The zero-order valence-electron chi connectivity index (χ0n) is 9.62. The number of rotatable bonds is 3. The summed E-state index contributed by atoms with van der Waals surface area (Å²) in [6.07, 6.45) is 2.32. The van der Waals surface area contributed by atoms with E-state index in [-0.39, 0.29) is 5.82 Å². The van der Waals surface area contributed by atoms with E-state index in [1.165, 1.54) is 17.4 Å². The number of benzene rings is 1. The molecule has 1 aromatic carbocycles. The lowest BCUT2D eigenvalue weighted by Gasteiger charge is -1.99. The summed E-state index contributed by atoms with van der Waals surface area (Å²) in [4.78, 5) is 5.62. The molecule has 1 heterocycles. The Balaban J connectivity index is 2.08. The van der Waals surface area contributed by atoms with Crippen LogP contribution in [0.25, 0.3) is 10.6 Å². The van der Waals surface area contributed by atoms with Crippen LogP contribution >= 0.6 is 22.9 Å². The molecule has 0 radical (unpaired) electrons. The van der Waals surface area contributed by atoms with Gasteiger partial charge in [0.2, 0.25) is 0 Å². The highest BCUT2D eigenvalue weighted by Gasteiger charge is 2.29. The van der Waals surface area contributed by atoms with Crippen molar-refractivity contribution in [2.45, 2.75) is 25.3 Å². The average molecular weight is 283 g/mol. The Kier molecular flexibility index (Phi) is 3.09. The van der Waals surface area contributed by atoms with Gasteiger partial charge in [0.05, 0.1) is 5.69 Å². The second-order valence-electron chi connectivity index (χ2n) is 4.43. The predicted molar refractivity (Wildman–Crippen MR) is 72.4 cm³/mol. The molecule has 1 saturated carbocycles. The van der Waals surface area contributed by atoms with Crippen molar-refractivity contribution in [2.75, 3.05) is 0 Å². The molecule has 0 bridgehead atoms.